The van der Waals surface area contributed by atoms with E-state index >= 15 is 0 Å². The van der Waals surface area contributed by atoms with Gasteiger partial charge in [-0.3, -0.25) is 0 Å². The smallest absolute Gasteiger partial charge is 0.0740 e. The molecular formula is C49H30S. The number of rotatable bonds is 2. The highest BCUT2D eigenvalue weighted by atomic mass is 32.1. The minimum Gasteiger partial charge on any atom is -0.135 e. The molecule has 0 saturated heterocycles. The van der Waals surface area contributed by atoms with E-state index in [2.05, 4.69) is 170 Å². The molecule has 0 N–H and O–H groups in total. The molecule has 232 valence electrons. The Morgan fingerprint density at radius 1 is 0.540 bits per heavy atom. The fourth-order valence-electron chi connectivity index (χ4n) is 10.2. The van der Waals surface area contributed by atoms with Crippen LogP contribution in [0, 0.1) is 11.8 Å². The summed E-state index contributed by atoms with van der Waals surface area (Å²) >= 11 is 1.95. The molecule has 0 radical (unpaired) electrons. The number of benzene rings is 5. The summed E-state index contributed by atoms with van der Waals surface area (Å²) in [5.41, 5.74) is 20.4. The molecule has 6 aliphatic rings. The molecule has 3 unspecified atom stereocenters. The summed E-state index contributed by atoms with van der Waals surface area (Å²) in [4.78, 5) is 1.42. The SMILES string of the molecule is C1=CC2=CC(c3ccccc3)=C3C=CC=C4C=C(c5ccc6c(c5)C5(c7ccccc7-6)c6ccccc6-c6sc7ccccc7c65)C(=C1)C2C43. The van der Waals surface area contributed by atoms with E-state index in [1.54, 1.807) is 0 Å². The van der Waals surface area contributed by atoms with Crippen LogP contribution in [0.15, 0.2) is 192 Å². The molecular weight excluding hydrogens is 621 g/mol. The van der Waals surface area contributed by atoms with Gasteiger partial charge in [-0.1, -0.05) is 158 Å². The first-order chi connectivity index (χ1) is 24.8. The van der Waals surface area contributed by atoms with Crippen molar-refractivity contribution in [2.45, 2.75) is 5.41 Å². The molecule has 1 heteroatoms. The second-order valence-electron chi connectivity index (χ2n) is 14.3. The van der Waals surface area contributed by atoms with Gasteiger partial charge in [0.15, 0.2) is 0 Å². The Bertz CT molecular complexity index is 2750. The van der Waals surface area contributed by atoms with Crippen LogP contribution in [0.1, 0.15) is 33.4 Å². The van der Waals surface area contributed by atoms with E-state index in [0.29, 0.717) is 11.8 Å². The van der Waals surface area contributed by atoms with Crippen molar-refractivity contribution in [2.24, 2.45) is 11.8 Å². The van der Waals surface area contributed by atoms with Crippen molar-refractivity contribution < 1.29 is 0 Å². The number of fused-ring (bicyclic) bond motifs is 12. The molecule has 0 amide bonds. The van der Waals surface area contributed by atoms with Crippen LogP contribution in [0.3, 0.4) is 0 Å². The van der Waals surface area contributed by atoms with E-state index in [1.807, 2.05) is 11.3 Å². The predicted octanol–water partition coefficient (Wildman–Crippen LogP) is 12.3. The predicted molar refractivity (Wildman–Crippen MR) is 209 cm³/mol. The van der Waals surface area contributed by atoms with Gasteiger partial charge < -0.3 is 0 Å². The van der Waals surface area contributed by atoms with Crippen LogP contribution in [0.5, 0.6) is 0 Å². The van der Waals surface area contributed by atoms with Crippen LogP contribution >= 0.6 is 11.3 Å². The Balaban J connectivity index is 1.11. The fourth-order valence-corrected chi connectivity index (χ4v) is 11.5. The standard InChI is InChI=1S/C49H30S/c1-2-12-29(13-3-1)39-26-31-14-11-20-36-40(27-32-15-10-19-35(39)45(32)46(31)36)30-24-25-34-33-16-4-7-21-41(33)49(43(34)28-30)42-22-8-5-17-37(42)48-47(49)38-18-6-9-23-44(38)50-48/h1-28,45-46H. The Labute approximate surface area is 295 Å². The lowest BCUT2D eigenvalue weighted by Crippen LogP contribution is -2.31. The van der Waals surface area contributed by atoms with Crippen LogP contribution in [0.4, 0.5) is 0 Å². The van der Waals surface area contributed by atoms with Gasteiger partial charge in [0.05, 0.1) is 5.41 Å². The topological polar surface area (TPSA) is 0 Å². The van der Waals surface area contributed by atoms with Crippen LogP contribution in [0.25, 0.3) is 42.8 Å². The van der Waals surface area contributed by atoms with Gasteiger partial charge in [-0.2, -0.15) is 0 Å². The molecule has 50 heavy (non-hydrogen) atoms. The summed E-state index contributed by atoms with van der Waals surface area (Å²) in [5.74, 6) is 0.624. The lowest BCUT2D eigenvalue weighted by Gasteiger charge is -2.43. The summed E-state index contributed by atoms with van der Waals surface area (Å²) < 4.78 is 1.36. The minimum absolute atomic E-state index is 0.303. The van der Waals surface area contributed by atoms with Crippen LogP contribution in [-0.2, 0) is 5.41 Å². The van der Waals surface area contributed by atoms with Crippen LogP contribution < -0.4 is 0 Å². The van der Waals surface area contributed by atoms with Crippen molar-refractivity contribution in [3.8, 4) is 21.6 Å². The van der Waals surface area contributed by atoms with Gasteiger partial charge in [-0.25, -0.2) is 0 Å². The third-order valence-electron chi connectivity index (χ3n) is 12.1. The van der Waals surface area contributed by atoms with Gasteiger partial charge in [0.2, 0.25) is 0 Å². The third kappa shape index (κ3) is 3.27. The van der Waals surface area contributed by atoms with Crippen LogP contribution in [0.2, 0.25) is 0 Å². The molecule has 1 heterocycles. The minimum atomic E-state index is -0.366. The highest BCUT2D eigenvalue weighted by Crippen LogP contribution is 2.66. The van der Waals surface area contributed by atoms with Gasteiger partial charge >= 0.3 is 0 Å². The maximum atomic E-state index is 2.57. The maximum Gasteiger partial charge on any atom is 0.0740 e. The molecule has 5 aromatic carbocycles. The van der Waals surface area contributed by atoms with Gasteiger partial charge in [0.1, 0.15) is 0 Å². The Hall–Kier alpha value is -5.76. The molecule has 6 aliphatic carbocycles. The molecule has 1 aromatic heterocycles. The van der Waals surface area contributed by atoms with E-state index in [9.17, 15) is 0 Å². The van der Waals surface area contributed by atoms with Crippen molar-refractivity contribution >= 4 is 32.6 Å². The molecule has 3 atom stereocenters. The quantitative estimate of drug-likeness (QED) is 0.175. The molecule has 0 nitrogen and oxygen atoms in total. The highest BCUT2D eigenvalue weighted by Gasteiger charge is 2.53. The largest absolute Gasteiger partial charge is 0.135 e. The lowest BCUT2D eigenvalue weighted by molar-refractivity contribution is 0.571. The zero-order chi connectivity index (χ0) is 32.6. The van der Waals surface area contributed by atoms with Crippen LogP contribution in [-0.4, -0.2) is 0 Å². The molecule has 1 spiro atoms. The highest BCUT2D eigenvalue weighted by molar-refractivity contribution is 7.22. The molecule has 0 saturated carbocycles. The third-order valence-corrected chi connectivity index (χ3v) is 13.3. The number of hydrogen-bond donors (Lipinski definition) is 0. The summed E-state index contributed by atoms with van der Waals surface area (Å²) in [7, 11) is 0. The van der Waals surface area contributed by atoms with Gasteiger partial charge in [0.25, 0.3) is 0 Å². The molecule has 0 bridgehead atoms. The average molecular weight is 651 g/mol. The first kappa shape index (κ1) is 27.1. The molecule has 12 rings (SSSR count). The van der Waals surface area contributed by atoms with E-state index in [-0.39, 0.29) is 5.41 Å². The van der Waals surface area contributed by atoms with Gasteiger partial charge in [-0.05, 0) is 101 Å². The van der Waals surface area contributed by atoms with E-state index in [4.69, 9.17) is 0 Å². The van der Waals surface area contributed by atoms with Crippen molar-refractivity contribution in [1.29, 1.82) is 0 Å². The van der Waals surface area contributed by atoms with Crippen molar-refractivity contribution in [1.82, 2.24) is 0 Å². The Morgan fingerprint density at radius 2 is 1.28 bits per heavy atom. The fraction of sp³-hybridized carbons (Fsp3) is 0.0612. The van der Waals surface area contributed by atoms with E-state index < -0.39 is 0 Å². The maximum absolute atomic E-state index is 2.57. The second kappa shape index (κ2) is 9.69. The first-order valence-corrected chi connectivity index (χ1v) is 18.5. The average Bonchev–Trinajstić information content (AvgIpc) is 3.80. The van der Waals surface area contributed by atoms with Gasteiger partial charge in [0, 0.05) is 21.4 Å². The summed E-state index contributed by atoms with van der Waals surface area (Å²) in [5, 5.41) is 1.38. The number of thiophene rings is 1. The van der Waals surface area contributed by atoms with E-state index in [0.717, 1.165) is 0 Å². The molecule has 6 aromatic rings. The monoisotopic (exact) mass is 650 g/mol. The van der Waals surface area contributed by atoms with Crippen molar-refractivity contribution in [3.63, 3.8) is 0 Å². The van der Waals surface area contributed by atoms with Crippen molar-refractivity contribution in [2.75, 3.05) is 0 Å². The zero-order valence-electron chi connectivity index (χ0n) is 27.2. The Kier molecular flexibility index (Phi) is 5.25. The molecule has 0 aliphatic heterocycles. The summed E-state index contributed by atoms with van der Waals surface area (Å²) in [6.45, 7) is 0. The van der Waals surface area contributed by atoms with Gasteiger partial charge in [-0.15, -0.1) is 11.3 Å². The summed E-state index contributed by atoms with van der Waals surface area (Å²) in [6, 6.07) is 45.7. The van der Waals surface area contributed by atoms with Crippen molar-refractivity contribution in [3.05, 3.63) is 226 Å². The Morgan fingerprint density at radius 3 is 2.18 bits per heavy atom. The first-order valence-electron chi connectivity index (χ1n) is 17.7. The summed E-state index contributed by atoms with van der Waals surface area (Å²) in [6.07, 6.45) is 18.9. The normalized spacial score (nSPS) is 22.7. The second-order valence-corrected chi connectivity index (χ2v) is 15.4. The van der Waals surface area contributed by atoms with E-state index in [1.165, 1.54) is 98.5 Å². The lowest BCUT2D eigenvalue weighted by atomic mass is 9.60. The molecule has 0 fully saturated rings. The zero-order valence-corrected chi connectivity index (χ0v) is 28.0. The number of hydrogen-bond acceptors (Lipinski definition) is 1. The number of allylic oxidation sites excluding steroid dienone is 14.